The number of ether oxygens (including phenoxy) is 1. The van der Waals surface area contributed by atoms with E-state index in [-0.39, 0.29) is 4.90 Å². The number of halogens is 1. The Morgan fingerprint density at radius 3 is 2.40 bits per heavy atom. The average Bonchev–Trinajstić information content (AvgIpc) is 2.38. The molecule has 6 heteroatoms. The molecule has 1 heterocycles. The van der Waals surface area contributed by atoms with Crippen LogP contribution >= 0.6 is 10.7 Å². The van der Waals surface area contributed by atoms with Crippen LogP contribution in [0.1, 0.15) is 25.3 Å². The molecule has 0 N–H and O–H groups in total. The molecule has 0 saturated carbocycles. The molecule has 0 atom stereocenters. The van der Waals surface area contributed by atoms with E-state index in [2.05, 4.69) is 18.8 Å². The van der Waals surface area contributed by atoms with Crippen LogP contribution in [0.25, 0.3) is 0 Å². The van der Waals surface area contributed by atoms with Gasteiger partial charge in [-0.25, -0.2) is 13.4 Å². The zero-order chi connectivity index (χ0) is 14.8. The lowest BCUT2D eigenvalue weighted by Crippen LogP contribution is -1.96. The molecule has 2 aromatic rings. The predicted molar refractivity (Wildman–Crippen MR) is 77.9 cm³/mol. The standard InChI is InChI=1S/C14H14ClNO3S/c1-10(2)12-5-3-4-6-13(12)19-14-8-7-11(9-16-14)20(15,17)18/h3-10H,1-2H3. The molecule has 1 aromatic heterocycles. The Labute approximate surface area is 122 Å². The first-order valence-corrected chi connectivity index (χ1v) is 8.36. The quantitative estimate of drug-likeness (QED) is 0.803. The smallest absolute Gasteiger partial charge is 0.262 e. The normalized spacial score (nSPS) is 11.6. The molecule has 2 rings (SSSR count). The molecule has 20 heavy (non-hydrogen) atoms. The van der Waals surface area contributed by atoms with Crippen molar-refractivity contribution in [2.45, 2.75) is 24.7 Å². The molecular weight excluding hydrogens is 298 g/mol. The van der Waals surface area contributed by atoms with Gasteiger partial charge in [-0.05, 0) is 23.6 Å². The summed E-state index contributed by atoms with van der Waals surface area (Å²) in [7, 11) is 1.47. The van der Waals surface area contributed by atoms with E-state index in [1.807, 2.05) is 24.3 Å². The van der Waals surface area contributed by atoms with E-state index in [1.165, 1.54) is 18.3 Å². The van der Waals surface area contributed by atoms with Crippen molar-refractivity contribution in [1.29, 1.82) is 0 Å². The second-order valence-corrected chi connectivity index (χ2v) is 7.13. The van der Waals surface area contributed by atoms with Gasteiger partial charge in [-0.15, -0.1) is 0 Å². The SMILES string of the molecule is CC(C)c1ccccc1Oc1ccc(S(=O)(=O)Cl)cn1. The topological polar surface area (TPSA) is 56.3 Å². The molecule has 0 radical (unpaired) electrons. The van der Waals surface area contributed by atoms with Gasteiger partial charge in [0, 0.05) is 16.7 Å². The van der Waals surface area contributed by atoms with Gasteiger partial charge in [0.25, 0.3) is 9.05 Å². The number of para-hydroxylation sites is 1. The van der Waals surface area contributed by atoms with Gasteiger partial charge in [0.05, 0.1) is 6.20 Å². The van der Waals surface area contributed by atoms with E-state index in [1.54, 1.807) is 0 Å². The lowest BCUT2D eigenvalue weighted by Gasteiger charge is -2.12. The van der Waals surface area contributed by atoms with Crippen LogP contribution in [0.5, 0.6) is 11.6 Å². The van der Waals surface area contributed by atoms with Gasteiger partial charge in [-0.3, -0.25) is 0 Å². The van der Waals surface area contributed by atoms with Crippen LogP contribution in [0, 0.1) is 0 Å². The van der Waals surface area contributed by atoms with Gasteiger partial charge in [-0.2, -0.15) is 0 Å². The van der Waals surface area contributed by atoms with Crippen LogP contribution < -0.4 is 4.74 Å². The fourth-order valence-electron chi connectivity index (χ4n) is 1.73. The highest BCUT2D eigenvalue weighted by molar-refractivity contribution is 8.13. The Balaban J connectivity index is 2.27. The maximum atomic E-state index is 11.1. The van der Waals surface area contributed by atoms with Crippen molar-refractivity contribution < 1.29 is 13.2 Å². The van der Waals surface area contributed by atoms with Crippen molar-refractivity contribution in [1.82, 2.24) is 4.98 Å². The number of nitrogens with zero attached hydrogens (tertiary/aromatic N) is 1. The molecule has 0 aliphatic heterocycles. The highest BCUT2D eigenvalue weighted by atomic mass is 35.7. The van der Waals surface area contributed by atoms with Gasteiger partial charge in [0.15, 0.2) is 0 Å². The maximum absolute atomic E-state index is 11.1. The Morgan fingerprint density at radius 2 is 1.85 bits per heavy atom. The summed E-state index contributed by atoms with van der Waals surface area (Å²) in [6, 6.07) is 10.5. The third-order valence-corrected chi connectivity index (χ3v) is 4.09. The minimum absolute atomic E-state index is 0.0522. The summed E-state index contributed by atoms with van der Waals surface area (Å²) >= 11 is 0. The second-order valence-electron chi connectivity index (χ2n) is 4.56. The summed E-state index contributed by atoms with van der Waals surface area (Å²) in [6.45, 7) is 4.14. The molecule has 0 unspecified atom stereocenters. The second kappa shape index (κ2) is 5.81. The van der Waals surface area contributed by atoms with E-state index in [4.69, 9.17) is 15.4 Å². The van der Waals surface area contributed by atoms with Gasteiger partial charge in [0.2, 0.25) is 5.88 Å². The van der Waals surface area contributed by atoms with Crippen LogP contribution in [0.2, 0.25) is 0 Å². The number of aromatic nitrogens is 1. The van der Waals surface area contributed by atoms with Crippen LogP contribution in [0.4, 0.5) is 0 Å². The van der Waals surface area contributed by atoms with E-state index >= 15 is 0 Å². The van der Waals surface area contributed by atoms with Crippen LogP contribution in [0.15, 0.2) is 47.5 Å². The lowest BCUT2D eigenvalue weighted by atomic mass is 10.0. The van der Waals surface area contributed by atoms with Crippen molar-refractivity contribution >= 4 is 19.7 Å². The molecular formula is C14H14ClNO3S. The molecule has 106 valence electrons. The molecule has 4 nitrogen and oxygen atoms in total. The molecule has 0 spiro atoms. The molecule has 0 aliphatic rings. The lowest BCUT2D eigenvalue weighted by molar-refractivity contribution is 0.453. The third-order valence-electron chi connectivity index (χ3n) is 2.75. The Hall–Kier alpha value is -1.59. The van der Waals surface area contributed by atoms with Crippen molar-refractivity contribution in [2.75, 3.05) is 0 Å². The fraction of sp³-hybridized carbons (Fsp3) is 0.214. The number of pyridine rings is 1. The van der Waals surface area contributed by atoms with Crippen LogP contribution in [-0.2, 0) is 9.05 Å². The van der Waals surface area contributed by atoms with Crippen LogP contribution in [-0.4, -0.2) is 13.4 Å². The first kappa shape index (κ1) is 14.8. The highest BCUT2D eigenvalue weighted by Gasteiger charge is 2.12. The predicted octanol–water partition coefficient (Wildman–Crippen LogP) is 3.92. The van der Waals surface area contributed by atoms with E-state index in [9.17, 15) is 8.42 Å². The monoisotopic (exact) mass is 311 g/mol. The Bertz CT molecular complexity index is 697. The number of benzene rings is 1. The summed E-state index contributed by atoms with van der Waals surface area (Å²) in [5.41, 5.74) is 1.06. The third kappa shape index (κ3) is 3.49. The number of hydrogen-bond donors (Lipinski definition) is 0. The molecule has 0 aliphatic carbocycles. The maximum Gasteiger partial charge on any atom is 0.262 e. The average molecular weight is 312 g/mol. The number of rotatable bonds is 4. The zero-order valence-electron chi connectivity index (χ0n) is 11.1. The summed E-state index contributed by atoms with van der Waals surface area (Å²) < 4.78 is 28.0. The van der Waals surface area contributed by atoms with Gasteiger partial charge >= 0.3 is 0 Å². The van der Waals surface area contributed by atoms with Crippen molar-refractivity contribution in [2.24, 2.45) is 0 Å². The number of hydrogen-bond acceptors (Lipinski definition) is 4. The molecule has 0 bridgehead atoms. The molecule has 1 aromatic carbocycles. The molecule has 0 saturated heterocycles. The summed E-state index contributed by atoms with van der Waals surface area (Å²) in [5.74, 6) is 1.34. The van der Waals surface area contributed by atoms with Crippen molar-refractivity contribution in [3.05, 3.63) is 48.2 Å². The van der Waals surface area contributed by atoms with Gasteiger partial charge in [-0.1, -0.05) is 32.0 Å². The van der Waals surface area contributed by atoms with E-state index in [0.29, 0.717) is 17.5 Å². The summed E-state index contributed by atoms with van der Waals surface area (Å²) in [6.07, 6.45) is 1.18. The highest BCUT2D eigenvalue weighted by Crippen LogP contribution is 2.29. The zero-order valence-corrected chi connectivity index (χ0v) is 12.6. The minimum atomic E-state index is -3.76. The molecule has 0 amide bonds. The Kier molecular flexibility index (Phi) is 4.30. The largest absolute Gasteiger partial charge is 0.439 e. The van der Waals surface area contributed by atoms with Crippen molar-refractivity contribution in [3.63, 3.8) is 0 Å². The van der Waals surface area contributed by atoms with Gasteiger partial charge in [0.1, 0.15) is 10.6 Å². The van der Waals surface area contributed by atoms with Crippen molar-refractivity contribution in [3.8, 4) is 11.6 Å². The summed E-state index contributed by atoms with van der Waals surface area (Å²) in [4.78, 5) is 3.90. The van der Waals surface area contributed by atoms with Gasteiger partial charge < -0.3 is 4.74 Å². The van der Waals surface area contributed by atoms with Crippen LogP contribution in [0.3, 0.4) is 0 Å². The minimum Gasteiger partial charge on any atom is -0.439 e. The first-order chi connectivity index (χ1) is 9.38. The first-order valence-electron chi connectivity index (χ1n) is 6.05. The Morgan fingerprint density at radius 1 is 1.15 bits per heavy atom. The summed E-state index contributed by atoms with van der Waals surface area (Å²) in [5, 5.41) is 0. The molecule has 0 fully saturated rings. The fourth-order valence-corrected chi connectivity index (χ4v) is 2.42. The van der Waals surface area contributed by atoms with E-state index in [0.717, 1.165) is 5.56 Å². The van der Waals surface area contributed by atoms with E-state index < -0.39 is 9.05 Å².